The highest BCUT2D eigenvalue weighted by atomic mass is 16.4. The zero-order valence-electron chi connectivity index (χ0n) is 9.80. The molecule has 0 aliphatic heterocycles. The van der Waals surface area contributed by atoms with E-state index in [0.29, 0.717) is 0 Å². The number of carbonyl (C=O) groups excluding carboxylic acids is 2. The number of amides is 2. The topological polar surface area (TPSA) is 136 Å². The van der Waals surface area contributed by atoms with E-state index in [1.165, 1.54) is 11.9 Å². The largest absolute Gasteiger partial charge is 0.480 e. The van der Waals surface area contributed by atoms with Gasteiger partial charge >= 0.3 is 11.9 Å². The summed E-state index contributed by atoms with van der Waals surface area (Å²) >= 11 is 0. The third-order valence-corrected chi connectivity index (χ3v) is 1.70. The fourth-order valence-electron chi connectivity index (χ4n) is 1.01. The zero-order valence-corrected chi connectivity index (χ0v) is 9.80. The molecule has 9 heteroatoms. The first kappa shape index (κ1) is 15.8. The number of rotatable bonds is 8. The molecule has 0 spiro atoms. The molecule has 102 valence electrons. The minimum atomic E-state index is -1.16. The molecule has 0 saturated heterocycles. The second-order valence-electron chi connectivity index (χ2n) is 3.51. The summed E-state index contributed by atoms with van der Waals surface area (Å²) in [6.07, 6.45) is 0. The molecule has 0 atom stereocenters. The van der Waals surface area contributed by atoms with Crippen molar-refractivity contribution in [3.63, 3.8) is 0 Å². The van der Waals surface area contributed by atoms with Gasteiger partial charge in [0.25, 0.3) is 0 Å². The fraction of sp³-hybridized carbons (Fsp3) is 0.556. The van der Waals surface area contributed by atoms with Crippen LogP contribution in [0.5, 0.6) is 0 Å². The van der Waals surface area contributed by atoms with E-state index in [4.69, 9.17) is 10.2 Å². The molecule has 0 rings (SSSR count). The van der Waals surface area contributed by atoms with Crippen LogP contribution < -0.4 is 10.6 Å². The summed E-state index contributed by atoms with van der Waals surface area (Å²) in [5.41, 5.74) is 0. The lowest BCUT2D eigenvalue weighted by Crippen LogP contribution is -2.42. The molecule has 0 aliphatic carbocycles. The molecular formula is C9H15N3O6. The van der Waals surface area contributed by atoms with Gasteiger partial charge in [-0.05, 0) is 7.05 Å². The van der Waals surface area contributed by atoms with Gasteiger partial charge in [0, 0.05) is 0 Å². The molecule has 4 N–H and O–H groups in total. The fourth-order valence-corrected chi connectivity index (χ4v) is 1.01. The third-order valence-electron chi connectivity index (χ3n) is 1.70. The molecule has 0 fully saturated rings. The maximum absolute atomic E-state index is 11.2. The van der Waals surface area contributed by atoms with Crippen LogP contribution in [0.2, 0.25) is 0 Å². The number of likely N-dealkylation sites (N-methyl/N-ethyl adjacent to an activating group) is 1. The molecule has 18 heavy (non-hydrogen) atoms. The lowest BCUT2D eigenvalue weighted by Gasteiger charge is -2.15. The van der Waals surface area contributed by atoms with Gasteiger partial charge in [0.1, 0.15) is 13.1 Å². The van der Waals surface area contributed by atoms with Crippen molar-refractivity contribution in [2.75, 3.05) is 33.2 Å². The minimum absolute atomic E-state index is 0.159. The van der Waals surface area contributed by atoms with Gasteiger partial charge in [0.05, 0.1) is 13.1 Å². The van der Waals surface area contributed by atoms with Gasteiger partial charge in [0.2, 0.25) is 11.8 Å². The minimum Gasteiger partial charge on any atom is -0.480 e. The van der Waals surface area contributed by atoms with Gasteiger partial charge < -0.3 is 20.8 Å². The summed E-state index contributed by atoms with van der Waals surface area (Å²) in [7, 11) is 1.47. The Balaban J connectivity index is 3.84. The van der Waals surface area contributed by atoms with Gasteiger partial charge in [-0.1, -0.05) is 0 Å². The van der Waals surface area contributed by atoms with E-state index in [-0.39, 0.29) is 13.1 Å². The van der Waals surface area contributed by atoms with Crippen LogP contribution in [-0.2, 0) is 19.2 Å². The Labute approximate surface area is 103 Å². The van der Waals surface area contributed by atoms with E-state index < -0.39 is 36.8 Å². The monoisotopic (exact) mass is 261 g/mol. The van der Waals surface area contributed by atoms with Crippen molar-refractivity contribution in [2.45, 2.75) is 0 Å². The molecule has 0 unspecified atom stereocenters. The van der Waals surface area contributed by atoms with Gasteiger partial charge in [-0.3, -0.25) is 24.1 Å². The highest BCUT2D eigenvalue weighted by Crippen LogP contribution is 1.82. The summed E-state index contributed by atoms with van der Waals surface area (Å²) in [5, 5.41) is 20.9. The predicted molar refractivity (Wildman–Crippen MR) is 58.8 cm³/mol. The van der Waals surface area contributed by atoms with Crippen molar-refractivity contribution in [3.8, 4) is 0 Å². The summed E-state index contributed by atoms with van der Waals surface area (Å²) in [4.78, 5) is 44.0. The number of hydrogen-bond acceptors (Lipinski definition) is 5. The molecule has 0 aromatic heterocycles. The molecule has 2 amide bonds. The van der Waals surface area contributed by atoms with Crippen molar-refractivity contribution in [2.24, 2.45) is 0 Å². The van der Waals surface area contributed by atoms with Gasteiger partial charge in [-0.15, -0.1) is 0 Å². The Hall–Kier alpha value is -2.16. The van der Waals surface area contributed by atoms with Gasteiger partial charge in [-0.25, -0.2) is 0 Å². The molecule has 0 bridgehead atoms. The maximum Gasteiger partial charge on any atom is 0.322 e. The molecule has 0 aliphatic rings. The first-order valence-corrected chi connectivity index (χ1v) is 4.96. The average Bonchev–Trinajstić information content (AvgIpc) is 2.23. The highest BCUT2D eigenvalue weighted by molar-refractivity contribution is 5.84. The van der Waals surface area contributed by atoms with Crippen LogP contribution in [0.4, 0.5) is 0 Å². The van der Waals surface area contributed by atoms with Crippen molar-refractivity contribution in [1.29, 1.82) is 0 Å². The second-order valence-corrected chi connectivity index (χ2v) is 3.51. The van der Waals surface area contributed by atoms with E-state index in [2.05, 4.69) is 10.6 Å². The molecule has 0 heterocycles. The lowest BCUT2D eigenvalue weighted by atomic mass is 10.4. The Morgan fingerprint density at radius 2 is 1.22 bits per heavy atom. The van der Waals surface area contributed by atoms with Crippen LogP contribution in [-0.4, -0.2) is 72.1 Å². The van der Waals surface area contributed by atoms with Crippen molar-refractivity contribution >= 4 is 23.8 Å². The van der Waals surface area contributed by atoms with Gasteiger partial charge in [-0.2, -0.15) is 0 Å². The third kappa shape index (κ3) is 9.09. The maximum atomic E-state index is 11.2. The summed E-state index contributed by atoms with van der Waals surface area (Å²) in [5.74, 6) is -3.40. The number of carbonyl (C=O) groups is 4. The Morgan fingerprint density at radius 1 is 0.889 bits per heavy atom. The van der Waals surface area contributed by atoms with Crippen molar-refractivity contribution < 1.29 is 29.4 Å². The summed E-state index contributed by atoms with van der Waals surface area (Å²) < 4.78 is 0. The van der Waals surface area contributed by atoms with Crippen LogP contribution in [0.25, 0.3) is 0 Å². The van der Waals surface area contributed by atoms with Crippen molar-refractivity contribution in [3.05, 3.63) is 0 Å². The average molecular weight is 261 g/mol. The number of carboxylic acid groups (broad SMARTS) is 2. The molecule has 0 aromatic carbocycles. The van der Waals surface area contributed by atoms with E-state index >= 15 is 0 Å². The first-order chi connectivity index (χ1) is 8.31. The lowest BCUT2D eigenvalue weighted by molar-refractivity contribution is -0.138. The molecule has 0 aromatic rings. The van der Waals surface area contributed by atoms with Crippen LogP contribution in [0.1, 0.15) is 0 Å². The van der Waals surface area contributed by atoms with Crippen molar-refractivity contribution in [1.82, 2.24) is 15.5 Å². The van der Waals surface area contributed by atoms with Crippen LogP contribution >= 0.6 is 0 Å². The Kier molecular flexibility index (Phi) is 7.05. The number of hydrogen-bond donors (Lipinski definition) is 4. The zero-order chi connectivity index (χ0) is 14.1. The van der Waals surface area contributed by atoms with Gasteiger partial charge in [0.15, 0.2) is 0 Å². The smallest absolute Gasteiger partial charge is 0.322 e. The van der Waals surface area contributed by atoms with E-state index in [1.54, 1.807) is 0 Å². The predicted octanol–water partition coefficient (Wildman–Crippen LogP) is -2.68. The number of nitrogens with zero attached hydrogens (tertiary/aromatic N) is 1. The highest BCUT2D eigenvalue weighted by Gasteiger charge is 2.11. The summed E-state index contributed by atoms with van der Waals surface area (Å²) in [6, 6.07) is 0. The molecular weight excluding hydrogens is 246 g/mol. The Morgan fingerprint density at radius 3 is 1.50 bits per heavy atom. The van der Waals surface area contributed by atoms with E-state index in [9.17, 15) is 19.2 Å². The van der Waals surface area contributed by atoms with Crippen LogP contribution in [0.15, 0.2) is 0 Å². The molecule has 0 radical (unpaired) electrons. The molecule has 9 nitrogen and oxygen atoms in total. The normalized spacial score (nSPS) is 9.89. The molecule has 0 saturated carbocycles. The second kappa shape index (κ2) is 8.01. The Bertz CT molecular complexity index is 311. The first-order valence-electron chi connectivity index (χ1n) is 4.96. The van der Waals surface area contributed by atoms with E-state index in [1.807, 2.05) is 0 Å². The SMILES string of the molecule is CN(CC(=O)NCC(=O)O)CC(=O)NCC(=O)O. The summed E-state index contributed by atoms with van der Waals surface area (Å²) in [6.45, 7) is -1.29. The standard InChI is InChI=1S/C9H15N3O6/c1-12(4-6(13)10-2-8(15)16)5-7(14)11-3-9(17)18/h2-5H2,1H3,(H,10,13)(H,11,14)(H,15,16)(H,17,18). The van der Waals surface area contributed by atoms with Crippen LogP contribution in [0, 0.1) is 0 Å². The quantitative estimate of drug-likeness (QED) is 0.374. The number of carboxylic acids is 2. The number of nitrogens with one attached hydrogen (secondary N) is 2. The number of aliphatic carboxylic acids is 2. The van der Waals surface area contributed by atoms with Crippen LogP contribution in [0.3, 0.4) is 0 Å². The van der Waals surface area contributed by atoms with E-state index in [0.717, 1.165) is 0 Å².